The maximum Gasteiger partial charge on any atom is 0.407 e. The Hall–Kier alpha value is -1.85. The molecule has 0 unspecified atom stereocenters. The summed E-state index contributed by atoms with van der Waals surface area (Å²) in [4.78, 5) is 13.7. The van der Waals surface area contributed by atoms with Crippen LogP contribution in [-0.2, 0) is 0 Å². The fraction of sp³-hybridized carbons (Fsp3) is 0.364. The molecule has 1 heterocycles. The van der Waals surface area contributed by atoms with Gasteiger partial charge in [-0.05, 0) is 12.1 Å². The average Bonchev–Trinajstić information content (AvgIpc) is 2.28. The van der Waals surface area contributed by atoms with Crippen molar-refractivity contribution in [1.29, 1.82) is 0 Å². The third-order valence-corrected chi connectivity index (χ3v) is 2.76. The fourth-order valence-electron chi connectivity index (χ4n) is 1.88. The van der Waals surface area contributed by atoms with E-state index in [-0.39, 0.29) is 0 Å². The minimum atomic E-state index is -0.963. The standard InChI is InChI=1S/C11H12F2N2O2/c12-8-5-9(13)7-10(6-8)14-1-3-15(4-2-14)11(16)17/h5-7H,1-4H2,(H,16,17). The predicted molar refractivity (Wildman–Crippen MR) is 58.2 cm³/mol. The summed E-state index contributed by atoms with van der Waals surface area (Å²) in [6.07, 6.45) is -0.963. The van der Waals surface area contributed by atoms with Gasteiger partial charge < -0.3 is 14.9 Å². The molecular weight excluding hydrogens is 230 g/mol. The highest BCUT2D eigenvalue weighted by molar-refractivity contribution is 5.65. The first-order chi connectivity index (χ1) is 8.06. The Bertz CT molecular complexity index is 411. The Kier molecular flexibility index (Phi) is 3.12. The van der Waals surface area contributed by atoms with Crippen molar-refractivity contribution >= 4 is 11.8 Å². The van der Waals surface area contributed by atoms with Crippen LogP contribution in [-0.4, -0.2) is 42.3 Å². The number of nitrogens with zero attached hydrogens (tertiary/aromatic N) is 2. The van der Waals surface area contributed by atoms with Gasteiger partial charge in [0.15, 0.2) is 0 Å². The normalized spacial score (nSPS) is 16.1. The van der Waals surface area contributed by atoms with Crippen LogP contribution in [0.2, 0.25) is 0 Å². The van der Waals surface area contributed by atoms with Gasteiger partial charge in [-0.2, -0.15) is 0 Å². The lowest BCUT2D eigenvalue weighted by Crippen LogP contribution is -2.48. The molecule has 1 amide bonds. The van der Waals surface area contributed by atoms with Crippen molar-refractivity contribution in [3.8, 4) is 0 Å². The van der Waals surface area contributed by atoms with Gasteiger partial charge in [0.05, 0.1) is 0 Å². The van der Waals surface area contributed by atoms with Gasteiger partial charge in [0, 0.05) is 37.9 Å². The van der Waals surface area contributed by atoms with Crippen LogP contribution < -0.4 is 4.90 Å². The summed E-state index contributed by atoms with van der Waals surface area (Å²) in [7, 11) is 0. The monoisotopic (exact) mass is 242 g/mol. The van der Waals surface area contributed by atoms with Crippen LogP contribution >= 0.6 is 0 Å². The van der Waals surface area contributed by atoms with Crippen molar-refractivity contribution in [2.75, 3.05) is 31.1 Å². The van der Waals surface area contributed by atoms with Crippen molar-refractivity contribution < 1.29 is 18.7 Å². The van der Waals surface area contributed by atoms with E-state index in [9.17, 15) is 13.6 Å². The highest BCUT2D eigenvalue weighted by atomic mass is 19.1. The first kappa shape index (κ1) is 11.6. The van der Waals surface area contributed by atoms with Crippen LogP contribution in [0.4, 0.5) is 19.3 Å². The minimum Gasteiger partial charge on any atom is -0.465 e. The Balaban J connectivity index is 2.07. The number of carbonyl (C=O) groups is 1. The van der Waals surface area contributed by atoms with Crippen molar-refractivity contribution in [3.05, 3.63) is 29.8 Å². The van der Waals surface area contributed by atoms with E-state index in [4.69, 9.17) is 5.11 Å². The average molecular weight is 242 g/mol. The van der Waals surface area contributed by atoms with Gasteiger partial charge >= 0.3 is 6.09 Å². The summed E-state index contributed by atoms with van der Waals surface area (Å²) in [5.41, 5.74) is 0.451. The molecule has 0 bridgehead atoms. The molecule has 2 rings (SSSR count). The van der Waals surface area contributed by atoms with E-state index < -0.39 is 17.7 Å². The number of rotatable bonds is 1. The summed E-state index contributed by atoms with van der Waals surface area (Å²) in [6, 6.07) is 3.32. The van der Waals surface area contributed by atoms with Crippen LogP contribution in [0.25, 0.3) is 0 Å². The Labute approximate surface area is 97.1 Å². The van der Waals surface area contributed by atoms with E-state index in [0.717, 1.165) is 6.07 Å². The van der Waals surface area contributed by atoms with Gasteiger partial charge in [-0.15, -0.1) is 0 Å². The maximum atomic E-state index is 13.0. The van der Waals surface area contributed by atoms with E-state index in [0.29, 0.717) is 31.9 Å². The number of amides is 1. The maximum absolute atomic E-state index is 13.0. The van der Waals surface area contributed by atoms with Gasteiger partial charge in [0.25, 0.3) is 0 Å². The predicted octanol–water partition coefficient (Wildman–Crippen LogP) is 1.76. The van der Waals surface area contributed by atoms with Crippen molar-refractivity contribution in [2.45, 2.75) is 0 Å². The van der Waals surface area contributed by atoms with Crippen LogP contribution in [0.3, 0.4) is 0 Å². The van der Waals surface area contributed by atoms with Gasteiger partial charge in [-0.3, -0.25) is 0 Å². The number of anilines is 1. The molecule has 92 valence electrons. The summed E-state index contributed by atoms with van der Waals surface area (Å²) >= 11 is 0. The molecule has 0 spiro atoms. The Morgan fingerprint density at radius 1 is 1.06 bits per heavy atom. The quantitative estimate of drug-likeness (QED) is 0.816. The summed E-state index contributed by atoms with van der Waals surface area (Å²) in [5, 5.41) is 8.77. The van der Waals surface area contributed by atoms with E-state index >= 15 is 0 Å². The Morgan fingerprint density at radius 2 is 1.59 bits per heavy atom. The number of hydrogen-bond acceptors (Lipinski definition) is 2. The molecule has 4 nitrogen and oxygen atoms in total. The second-order valence-electron chi connectivity index (χ2n) is 3.88. The number of piperazine rings is 1. The van der Waals surface area contributed by atoms with Gasteiger partial charge in [-0.25, -0.2) is 13.6 Å². The van der Waals surface area contributed by atoms with Crippen LogP contribution in [0.15, 0.2) is 18.2 Å². The molecule has 1 fully saturated rings. The largest absolute Gasteiger partial charge is 0.465 e. The first-order valence-corrected chi connectivity index (χ1v) is 5.25. The fourth-order valence-corrected chi connectivity index (χ4v) is 1.88. The Morgan fingerprint density at radius 3 is 2.06 bits per heavy atom. The third-order valence-electron chi connectivity index (χ3n) is 2.76. The summed E-state index contributed by atoms with van der Waals surface area (Å²) < 4.78 is 26.0. The molecule has 0 aromatic heterocycles. The summed E-state index contributed by atoms with van der Waals surface area (Å²) in [6.45, 7) is 1.56. The molecule has 1 aromatic carbocycles. The summed E-state index contributed by atoms with van der Waals surface area (Å²) in [5.74, 6) is -1.25. The number of benzene rings is 1. The zero-order valence-electron chi connectivity index (χ0n) is 9.07. The van der Waals surface area contributed by atoms with E-state index in [1.807, 2.05) is 0 Å². The lowest BCUT2D eigenvalue weighted by molar-refractivity contribution is 0.142. The number of halogens is 2. The van der Waals surface area contributed by atoms with Crippen molar-refractivity contribution in [1.82, 2.24) is 4.90 Å². The van der Waals surface area contributed by atoms with E-state index in [2.05, 4.69) is 0 Å². The second-order valence-corrected chi connectivity index (χ2v) is 3.88. The number of hydrogen-bond donors (Lipinski definition) is 1. The zero-order chi connectivity index (χ0) is 12.4. The minimum absolute atomic E-state index is 0.341. The van der Waals surface area contributed by atoms with Crippen LogP contribution in [0, 0.1) is 11.6 Å². The lowest BCUT2D eigenvalue weighted by Gasteiger charge is -2.34. The van der Waals surface area contributed by atoms with Crippen LogP contribution in [0.1, 0.15) is 0 Å². The SMILES string of the molecule is O=C(O)N1CCN(c2cc(F)cc(F)c2)CC1. The molecule has 0 saturated carbocycles. The molecular formula is C11H12F2N2O2. The molecule has 17 heavy (non-hydrogen) atoms. The van der Waals surface area contributed by atoms with E-state index in [1.54, 1.807) is 4.90 Å². The van der Waals surface area contributed by atoms with E-state index in [1.165, 1.54) is 17.0 Å². The van der Waals surface area contributed by atoms with Crippen molar-refractivity contribution in [3.63, 3.8) is 0 Å². The highest BCUT2D eigenvalue weighted by Gasteiger charge is 2.21. The van der Waals surface area contributed by atoms with Gasteiger partial charge in [0.1, 0.15) is 11.6 Å². The third kappa shape index (κ3) is 2.64. The number of carboxylic acid groups (broad SMARTS) is 1. The van der Waals surface area contributed by atoms with Gasteiger partial charge in [0.2, 0.25) is 0 Å². The highest BCUT2D eigenvalue weighted by Crippen LogP contribution is 2.19. The second kappa shape index (κ2) is 4.57. The molecule has 0 radical (unpaired) electrons. The lowest BCUT2D eigenvalue weighted by atomic mass is 10.2. The molecule has 1 aliphatic heterocycles. The molecule has 0 aliphatic carbocycles. The molecule has 1 aliphatic rings. The first-order valence-electron chi connectivity index (χ1n) is 5.25. The molecule has 1 saturated heterocycles. The zero-order valence-corrected chi connectivity index (χ0v) is 9.07. The topological polar surface area (TPSA) is 43.8 Å². The molecule has 1 N–H and O–H groups in total. The molecule has 0 atom stereocenters. The van der Waals surface area contributed by atoms with Crippen molar-refractivity contribution in [2.24, 2.45) is 0 Å². The molecule has 6 heteroatoms. The smallest absolute Gasteiger partial charge is 0.407 e. The van der Waals surface area contributed by atoms with Crippen LogP contribution in [0.5, 0.6) is 0 Å². The van der Waals surface area contributed by atoms with Gasteiger partial charge in [-0.1, -0.05) is 0 Å². The molecule has 1 aromatic rings.